The molecule has 5 nitrogen and oxygen atoms in total. The number of carbonyl (C=O) groups is 1. The number of nitrogens with one attached hydrogen (secondary N) is 1. The first-order valence-electron chi connectivity index (χ1n) is 6.86. The van der Waals surface area contributed by atoms with E-state index in [0.717, 1.165) is 4.43 Å². The fourth-order valence-corrected chi connectivity index (χ4v) is 1.77. The quantitative estimate of drug-likeness (QED) is 0.386. The molecule has 0 aromatic heterocycles. The highest BCUT2D eigenvalue weighted by molar-refractivity contribution is 14.1. The van der Waals surface area contributed by atoms with Crippen LogP contribution in [0.2, 0.25) is 0 Å². The van der Waals surface area contributed by atoms with E-state index in [1.807, 2.05) is 41.5 Å². The first-order valence-corrected chi connectivity index (χ1v) is 8.39. The predicted molar refractivity (Wildman–Crippen MR) is 88.6 cm³/mol. The molecule has 0 fully saturated rings. The number of hydrogen-bond acceptors (Lipinski definition) is 4. The fourth-order valence-electron chi connectivity index (χ4n) is 1.28. The molecular formula is C14H28INO4. The van der Waals surface area contributed by atoms with Gasteiger partial charge in [0.1, 0.15) is 5.60 Å². The molecule has 0 saturated carbocycles. The summed E-state index contributed by atoms with van der Waals surface area (Å²) in [6.45, 7) is 12.9. The lowest BCUT2D eigenvalue weighted by molar-refractivity contribution is -0.0506. The Labute approximate surface area is 136 Å². The van der Waals surface area contributed by atoms with E-state index in [2.05, 4.69) is 27.9 Å². The topological polar surface area (TPSA) is 56.8 Å². The van der Waals surface area contributed by atoms with Crippen LogP contribution in [0.1, 0.15) is 41.5 Å². The summed E-state index contributed by atoms with van der Waals surface area (Å²) in [6, 6.07) is 0. The molecule has 0 spiro atoms. The van der Waals surface area contributed by atoms with Crippen LogP contribution in [0, 0.1) is 0 Å². The van der Waals surface area contributed by atoms with Gasteiger partial charge < -0.3 is 19.5 Å². The molecule has 0 radical (unpaired) electrons. The molecule has 0 bridgehead atoms. The summed E-state index contributed by atoms with van der Waals surface area (Å²) in [4.78, 5) is 11.6. The van der Waals surface area contributed by atoms with Gasteiger partial charge in [-0.2, -0.15) is 0 Å². The highest BCUT2D eigenvalue weighted by Crippen LogP contribution is 2.14. The van der Waals surface area contributed by atoms with Crippen molar-refractivity contribution in [3.8, 4) is 0 Å². The number of carbonyl (C=O) groups excluding carboxylic acids is 1. The van der Waals surface area contributed by atoms with Crippen molar-refractivity contribution in [1.82, 2.24) is 5.32 Å². The maximum absolute atomic E-state index is 11.6. The van der Waals surface area contributed by atoms with Gasteiger partial charge >= 0.3 is 6.09 Å². The van der Waals surface area contributed by atoms with Crippen LogP contribution in [0.25, 0.3) is 0 Å². The lowest BCUT2D eigenvalue weighted by Gasteiger charge is -2.29. The van der Waals surface area contributed by atoms with Gasteiger partial charge in [-0.05, 0) is 41.5 Å². The molecule has 0 heterocycles. The summed E-state index contributed by atoms with van der Waals surface area (Å²) in [5.41, 5.74) is -0.908. The van der Waals surface area contributed by atoms with Crippen molar-refractivity contribution in [2.24, 2.45) is 0 Å². The zero-order valence-corrected chi connectivity index (χ0v) is 15.6. The first kappa shape index (κ1) is 19.9. The Balaban J connectivity index is 4.07. The second-order valence-corrected chi connectivity index (χ2v) is 6.97. The van der Waals surface area contributed by atoms with Crippen LogP contribution < -0.4 is 5.32 Å². The zero-order chi connectivity index (χ0) is 15.8. The Morgan fingerprint density at radius 3 is 2.25 bits per heavy atom. The van der Waals surface area contributed by atoms with Gasteiger partial charge in [-0.25, -0.2) is 4.79 Å². The molecule has 1 amide bonds. The summed E-state index contributed by atoms with van der Waals surface area (Å²) in [5, 5.41) is 2.75. The fraction of sp³-hybridized carbons (Fsp3) is 0.929. The Morgan fingerprint density at radius 1 is 1.20 bits per heavy atom. The second kappa shape index (κ2) is 9.04. The van der Waals surface area contributed by atoms with Crippen LogP contribution in [0.15, 0.2) is 0 Å². The summed E-state index contributed by atoms with van der Waals surface area (Å²) in [5.74, 6) is 0. The third kappa shape index (κ3) is 10.7. The predicted octanol–water partition coefficient (Wildman–Crippen LogP) is 3.15. The molecular weight excluding hydrogens is 373 g/mol. The molecule has 0 aliphatic rings. The van der Waals surface area contributed by atoms with E-state index < -0.39 is 17.3 Å². The first-order chi connectivity index (χ1) is 9.08. The van der Waals surface area contributed by atoms with Gasteiger partial charge in [0.25, 0.3) is 0 Å². The van der Waals surface area contributed by atoms with Crippen LogP contribution >= 0.6 is 22.6 Å². The summed E-state index contributed by atoms with van der Waals surface area (Å²) < 4.78 is 17.2. The minimum atomic E-state index is -0.489. The van der Waals surface area contributed by atoms with E-state index in [0.29, 0.717) is 19.8 Å². The van der Waals surface area contributed by atoms with Gasteiger partial charge in [0.15, 0.2) is 0 Å². The molecule has 20 heavy (non-hydrogen) atoms. The molecule has 0 saturated heterocycles. The average Bonchev–Trinajstić information content (AvgIpc) is 2.30. The summed E-state index contributed by atoms with van der Waals surface area (Å²) in [6.07, 6.45) is -0.222. The lowest BCUT2D eigenvalue weighted by atomic mass is 10.1. The third-order valence-corrected chi connectivity index (χ3v) is 3.89. The Bertz CT molecular complexity index is 291. The smallest absolute Gasteiger partial charge is 0.407 e. The lowest BCUT2D eigenvalue weighted by Crippen LogP contribution is -2.46. The zero-order valence-electron chi connectivity index (χ0n) is 13.4. The standard InChI is InChI=1S/C14H28INO4/c1-11(2)18-7-8-19-14(6,9-15)10-16-12(17)20-13(3,4)5/h11H,7-10H2,1-6H3,(H,16,17). The molecule has 0 rings (SSSR count). The van der Waals surface area contributed by atoms with Crippen LogP contribution in [0.3, 0.4) is 0 Å². The number of rotatable bonds is 8. The van der Waals surface area contributed by atoms with Crippen LogP contribution in [0.5, 0.6) is 0 Å². The number of halogens is 1. The average molecular weight is 401 g/mol. The molecule has 120 valence electrons. The van der Waals surface area contributed by atoms with E-state index in [9.17, 15) is 4.79 Å². The van der Waals surface area contributed by atoms with Crippen LogP contribution in [0.4, 0.5) is 4.79 Å². The number of ether oxygens (including phenoxy) is 3. The molecule has 0 aliphatic heterocycles. The van der Waals surface area contributed by atoms with Gasteiger partial charge in [-0.1, -0.05) is 22.6 Å². The van der Waals surface area contributed by atoms with Crippen molar-refractivity contribution in [2.45, 2.75) is 58.8 Å². The third-order valence-electron chi connectivity index (χ3n) is 2.27. The van der Waals surface area contributed by atoms with Gasteiger partial charge in [-0.15, -0.1) is 0 Å². The van der Waals surface area contributed by atoms with E-state index in [4.69, 9.17) is 14.2 Å². The van der Waals surface area contributed by atoms with Crippen molar-refractivity contribution >= 4 is 28.7 Å². The van der Waals surface area contributed by atoms with Crippen LogP contribution in [-0.2, 0) is 14.2 Å². The van der Waals surface area contributed by atoms with Crippen molar-refractivity contribution < 1.29 is 19.0 Å². The Hall–Kier alpha value is -0.0800. The number of hydrogen-bond donors (Lipinski definition) is 1. The van der Waals surface area contributed by atoms with E-state index in [1.54, 1.807) is 0 Å². The SMILES string of the molecule is CC(C)OCCOC(C)(CI)CNC(=O)OC(C)(C)C. The highest BCUT2D eigenvalue weighted by atomic mass is 127. The minimum absolute atomic E-state index is 0.198. The van der Waals surface area contributed by atoms with Crippen molar-refractivity contribution in [3.05, 3.63) is 0 Å². The number of alkyl carbamates (subject to hydrolysis) is 1. The maximum atomic E-state index is 11.6. The maximum Gasteiger partial charge on any atom is 0.407 e. The van der Waals surface area contributed by atoms with E-state index in [1.165, 1.54) is 0 Å². The Kier molecular flexibility index (Phi) is 9.01. The molecule has 1 unspecified atom stereocenters. The van der Waals surface area contributed by atoms with Gasteiger partial charge in [0.05, 0.1) is 31.5 Å². The molecule has 1 N–H and O–H groups in total. The van der Waals surface area contributed by atoms with Gasteiger partial charge in [-0.3, -0.25) is 0 Å². The molecule has 6 heteroatoms. The van der Waals surface area contributed by atoms with Crippen molar-refractivity contribution in [2.75, 3.05) is 24.2 Å². The number of amides is 1. The second-order valence-electron chi connectivity index (χ2n) is 6.21. The number of alkyl halides is 1. The van der Waals surface area contributed by atoms with Crippen LogP contribution in [-0.4, -0.2) is 47.6 Å². The summed E-state index contributed by atoms with van der Waals surface area (Å²) in [7, 11) is 0. The molecule has 1 atom stereocenters. The Morgan fingerprint density at radius 2 is 1.80 bits per heavy atom. The molecule has 0 aliphatic carbocycles. The minimum Gasteiger partial charge on any atom is -0.444 e. The highest BCUT2D eigenvalue weighted by Gasteiger charge is 2.26. The van der Waals surface area contributed by atoms with E-state index >= 15 is 0 Å². The largest absolute Gasteiger partial charge is 0.444 e. The molecule has 0 aromatic rings. The van der Waals surface area contributed by atoms with Gasteiger partial charge in [0, 0.05) is 4.43 Å². The normalized spacial score (nSPS) is 15.0. The van der Waals surface area contributed by atoms with Crippen molar-refractivity contribution in [3.63, 3.8) is 0 Å². The summed E-state index contributed by atoms with van der Waals surface area (Å²) >= 11 is 2.25. The van der Waals surface area contributed by atoms with E-state index in [-0.39, 0.29) is 6.10 Å². The van der Waals surface area contributed by atoms with Gasteiger partial charge in [0.2, 0.25) is 0 Å². The molecule has 0 aromatic carbocycles. The van der Waals surface area contributed by atoms with Crippen molar-refractivity contribution in [1.29, 1.82) is 0 Å². The monoisotopic (exact) mass is 401 g/mol.